The van der Waals surface area contributed by atoms with Crippen molar-refractivity contribution in [2.24, 2.45) is 0 Å². The first-order chi connectivity index (χ1) is 8.31. The van der Waals surface area contributed by atoms with E-state index in [9.17, 15) is 0 Å². The minimum Gasteiger partial charge on any atom is -0.444 e. The van der Waals surface area contributed by atoms with Crippen molar-refractivity contribution in [1.82, 2.24) is 15.0 Å². The van der Waals surface area contributed by atoms with Crippen molar-refractivity contribution in [3.8, 4) is 6.07 Å². The van der Waals surface area contributed by atoms with Gasteiger partial charge in [-0.15, -0.1) is 0 Å². The molecule has 0 aliphatic rings. The zero-order chi connectivity index (χ0) is 12.1. The third-order valence-corrected chi connectivity index (χ3v) is 2.14. The highest BCUT2D eigenvalue weighted by Gasteiger charge is 2.02. The second-order valence-corrected chi connectivity index (χ2v) is 3.33. The van der Waals surface area contributed by atoms with Crippen LogP contribution < -0.4 is 5.32 Å². The Bertz CT molecular complexity index is 526. The van der Waals surface area contributed by atoms with Gasteiger partial charge in [0.1, 0.15) is 17.6 Å². The fourth-order valence-electron chi connectivity index (χ4n) is 1.24. The van der Waals surface area contributed by atoms with Crippen LogP contribution in [-0.2, 0) is 13.0 Å². The van der Waals surface area contributed by atoms with E-state index in [1.165, 1.54) is 12.4 Å². The molecule has 17 heavy (non-hydrogen) atoms. The molecule has 0 aliphatic heterocycles. The second kappa shape index (κ2) is 5.07. The molecular formula is C11H11N5O. The predicted octanol–water partition coefficient (Wildman–Crippen LogP) is 1.51. The molecule has 0 aromatic carbocycles. The van der Waals surface area contributed by atoms with E-state index < -0.39 is 0 Å². The number of nitrogens with zero attached hydrogens (tertiary/aromatic N) is 4. The molecule has 2 aromatic heterocycles. The Labute approximate surface area is 98.3 Å². The number of hydrogen-bond donors (Lipinski definition) is 1. The van der Waals surface area contributed by atoms with E-state index in [0.717, 1.165) is 12.2 Å². The number of nitrogens with one attached hydrogen (secondary N) is 1. The van der Waals surface area contributed by atoms with Gasteiger partial charge in [-0.1, -0.05) is 6.92 Å². The molecule has 0 saturated heterocycles. The van der Waals surface area contributed by atoms with Crippen LogP contribution in [0.1, 0.15) is 24.3 Å². The van der Waals surface area contributed by atoms with E-state index >= 15 is 0 Å². The first-order valence-electron chi connectivity index (χ1n) is 5.21. The van der Waals surface area contributed by atoms with Gasteiger partial charge in [0.2, 0.25) is 5.89 Å². The number of rotatable bonds is 4. The Balaban J connectivity index is 1.95. The van der Waals surface area contributed by atoms with Gasteiger partial charge in [-0.05, 0) is 0 Å². The third-order valence-electron chi connectivity index (χ3n) is 2.14. The fourth-order valence-corrected chi connectivity index (χ4v) is 1.24. The van der Waals surface area contributed by atoms with E-state index in [0.29, 0.717) is 23.9 Å². The minimum atomic E-state index is 0.292. The highest BCUT2D eigenvalue weighted by atomic mass is 16.4. The highest BCUT2D eigenvalue weighted by molar-refractivity contribution is 5.33. The van der Waals surface area contributed by atoms with Crippen molar-refractivity contribution < 1.29 is 4.42 Å². The highest BCUT2D eigenvalue weighted by Crippen LogP contribution is 2.07. The molecule has 0 bridgehead atoms. The Morgan fingerprint density at radius 1 is 1.29 bits per heavy atom. The maximum Gasteiger partial charge on any atom is 0.213 e. The lowest BCUT2D eigenvalue weighted by molar-refractivity contribution is 0.465. The number of anilines is 1. The van der Waals surface area contributed by atoms with Gasteiger partial charge >= 0.3 is 0 Å². The van der Waals surface area contributed by atoms with E-state index in [2.05, 4.69) is 20.3 Å². The number of hydrogen-bond acceptors (Lipinski definition) is 6. The molecule has 0 saturated carbocycles. The van der Waals surface area contributed by atoms with Gasteiger partial charge in [-0.3, -0.25) is 0 Å². The lowest BCUT2D eigenvalue weighted by Crippen LogP contribution is -2.02. The minimum absolute atomic E-state index is 0.292. The molecule has 2 aromatic rings. The molecule has 6 nitrogen and oxygen atoms in total. The van der Waals surface area contributed by atoms with Crippen molar-refractivity contribution in [2.45, 2.75) is 19.9 Å². The van der Waals surface area contributed by atoms with E-state index in [-0.39, 0.29) is 0 Å². The second-order valence-electron chi connectivity index (χ2n) is 3.33. The SMILES string of the molecule is CCc1cnc(CNc2cnc(C#N)cn2)o1. The van der Waals surface area contributed by atoms with E-state index in [4.69, 9.17) is 9.68 Å². The summed E-state index contributed by atoms with van der Waals surface area (Å²) in [6, 6.07) is 1.91. The summed E-state index contributed by atoms with van der Waals surface area (Å²) < 4.78 is 5.43. The first kappa shape index (κ1) is 11.1. The Kier molecular flexibility index (Phi) is 3.31. The lowest BCUT2D eigenvalue weighted by Gasteiger charge is -2.01. The predicted molar refractivity (Wildman–Crippen MR) is 60.0 cm³/mol. The zero-order valence-corrected chi connectivity index (χ0v) is 9.34. The lowest BCUT2D eigenvalue weighted by atomic mass is 10.4. The molecule has 1 N–H and O–H groups in total. The van der Waals surface area contributed by atoms with Gasteiger partial charge in [-0.2, -0.15) is 5.26 Å². The molecule has 86 valence electrons. The van der Waals surface area contributed by atoms with E-state index in [1.54, 1.807) is 6.20 Å². The molecule has 0 radical (unpaired) electrons. The summed E-state index contributed by atoms with van der Waals surface area (Å²) in [5.74, 6) is 2.04. The molecule has 0 spiro atoms. The van der Waals surface area contributed by atoms with Crippen LogP contribution >= 0.6 is 0 Å². The molecule has 0 unspecified atom stereocenters. The summed E-state index contributed by atoms with van der Waals surface area (Å²) in [6.45, 7) is 2.45. The fraction of sp³-hybridized carbons (Fsp3) is 0.273. The molecular weight excluding hydrogens is 218 g/mol. The Morgan fingerprint density at radius 2 is 2.18 bits per heavy atom. The van der Waals surface area contributed by atoms with Crippen molar-refractivity contribution in [2.75, 3.05) is 5.32 Å². The van der Waals surface area contributed by atoms with Crippen LogP contribution in [0.4, 0.5) is 5.82 Å². The maximum atomic E-state index is 8.57. The summed E-state index contributed by atoms with van der Waals surface area (Å²) in [6.07, 6.45) is 5.45. The number of nitriles is 1. The summed E-state index contributed by atoms with van der Waals surface area (Å²) in [4.78, 5) is 12.0. The third kappa shape index (κ3) is 2.78. The van der Waals surface area contributed by atoms with Gasteiger partial charge in [0.25, 0.3) is 0 Å². The van der Waals surface area contributed by atoms with Crippen LogP contribution in [0.15, 0.2) is 23.0 Å². The molecule has 2 heterocycles. The van der Waals surface area contributed by atoms with Crippen molar-refractivity contribution in [1.29, 1.82) is 5.26 Å². The van der Waals surface area contributed by atoms with E-state index in [1.807, 2.05) is 13.0 Å². The Morgan fingerprint density at radius 3 is 2.76 bits per heavy atom. The average molecular weight is 229 g/mol. The molecule has 2 rings (SSSR count). The molecule has 0 fully saturated rings. The number of aryl methyl sites for hydroxylation is 1. The zero-order valence-electron chi connectivity index (χ0n) is 9.34. The van der Waals surface area contributed by atoms with Crippen LogP contribution in [0.3, 0.4) is 0 Å². The van der Waals surface area contributed by atoms with Gasteiger partial charge in [0, 0.05) is 6.42 Å². The summed E-state index contributed by atoms with van der Waals surface area (Å²) in [5, 5.41) is 11.6. The van der Waals surface area contributed by atoms with Gasteiger partial charge in [-0.25, -0.2) is 15.0 Å². The average Bonchev–Trinajstić information content (AvgIpc) is 2.85. The summed E-state index contributed by atoms with van der Waals surface area (Å²) >= 11 is 0. The van der Waals surface area contributed by atoms with Crippen molar-refractivity contribution >= 4 is 5.82 Å². The number of oxazole rings is 1. The Hall–Kier alpha value is -2.42. The maximum absolute atomic E-state index is 8.57. The van der Waals surface area contributed by atoms with Crippen LogP contribution in [0.25, 0.3) is 0 Å². The quantitative estimate of drug-likeness (QED) is 0.854. The molecule has 6 heteroatoms. The van der Waals surface area contributed by atoms with Crippen molar-refractivity contribution in [3.05, 3.63) is 35.9 Å². The van der Waals surface area contributed by atoms with Gasteiger partial charge < -0.3 is 9.73 Å². The van der Waals surface area contributed by atoms with Crippen LogP contribution in [0.2, 0.25) is 0 Å². The number of aromatic nitrogens is 3. The summed E-state index contributed by atoms with van der Waals surface area (Å²) in [5.41, 5.74) is 0.292. The normalized spacial score (nSPS) is 9.88. The smallest absolute Gasteiger partial charge is 0.213 e. The van der Waals surface area contributed by atoms with Crippen LogP contribution in [0.5, 0.6) is 0 Å². The largest absolute Gasteiger partial charge is 0.444 e. The topological polar surface area (TPSA) is 87.6 Å². The monoisotopic (exact) mass is 229 g/mol. The van der Waals surface area contributed by atoms with Gasteiger partial charge in [0.15, 0.2) is 5.69 Å². The molecule has 0 amide bonds. The van der Waals surface area contributed by atoms with Crippen LogP contribution in [-0.4, -0.2) is 15.0 Å². The van der Waals surface area contributed by atoms with Gasteiger partial charge in [0.05, 0.1) is 25.1 Å². The van der Waals surface area contributed by atoms with Crippen LogP contribution in [0, 0.1) is 11.3 Å². The summed E-state index contributed by atoms with van der Waals surface area (Å²) in [7, 11) is 0. The molecule has 0 aliphatic carbocycles. The molecule has 0 atom stereocenters. The first-order valence-corrected chi connectivity index (χ1v) is 5.21. The van der Waals surface area contributed by atoms with Crippen molar-refractivity contribution in [3.63, 3.8) is 0 Å². The standard InChI is InChI=1S/C11H11N5O/c1-2-9-5-16-11(17-9)7-15-10-6-13-8(3-12)4-14-10/h4-6H,2,7H2,1H3,(H,14,15).